The highest BCUT2D eigenvalue weighted by atomic mass is 79.9. The summed E-state index contributed by atoms with van der Waals surface area (Å²) in [5.41, 5.74) is 2.50. The molecule has 18 heavy (non-hydrogen) atoms. The van der Waals surface area contributed by atoms with E-state index in [0.717, 1.165) is 15.7 Å². The molecule has 0 saturated heterocycles. The number of nitrogens with one attached hydrogen (secondary N) is 1. The van der Waals surface area contributed by atoms with Crippen LogP contribution in [0.15, 0.2) is 40.9 Å². The summed E-state index contributed by atoms with van der Waals surface area (Å²) in [4.78, 5) is 0. The molecule has 2 rings (SSSR count). The van der Waals surface area contributed by atoms with Gasteiger partial charge in [-0.1, -0.05) is 27.5 Å². The maximum absolute atomic E-state index is 13.1. The number of rotatable bonds is 3. The molecule has 0 fully saturated rings. The van der Waals surface area contributed by atoms with Crippen molar-refractivity contribution in [1.82, 2.24) is 0 Å². The molecule has 1 nitrogen and oxygen atoms in total. The van der Waals surface area contributed by atoms with Crippen LogP contribution in [-0.4, -0.2) is 0 Å². The third-order valence-corrected chi connectivity index (χ3v) is 3.51. The van der Waals surface area contributed by atoms with E-state index in [1.807, 2.05) is 18.2 Å². The normalized spacial score (nSPS) is 10.4. The molecule has 0 bridgehead atoms. The molecule has 0 amide bonds. The van der Waals surface area contributed by atoms with Gasteiger partial charge < -0.3 is 5.32 Å². The first-order valence-electron chi connectivity index (χ1n) is 5.50. The Bertz CT molecular complexity index is 572. The van der Waals surface area contributed by atoms with Crippen LogP contribution in [0.5, 0.6) is 0 Å². The minimum absolute atomic E-state index is 0.193. The maximum atomic E-state index is 13.1. The minimum Gasteiger partial charge on any atom is -0.381 e. The fraction of sp³-hybridized carbons (Fsp3) is 0.143. The molecule has 0 aliphatic carbocycles. The maximum Gasteiger partial charge on any atom is 0.126 e. The number of hydrogen-bond acceptors (Lipinski definition) is 1. The lowest BCUT2D eigenvalue weighted by atomic mass is 10.2. The second-order valence-corrected chi connectivity index (χ2v) is 5.38. The molecule has 0 unspecified atom stereocenters. The van der Waals surface area contributed by atoms with Gasteiger partial charge in [-0.2, -0.15) is 0 Å². The lowest BCUT2D eigenvalue weighted by Crippen LogP contribution is -2.00. The van der Waals surface area contributed by atoms with E-state index in [9.17, 15) is 4.39 Å². The van der Waals surface area contributed by atoms with Gasteiger partial charge in [-0.05, 0) is 54.4 Å². The van der Waals surface area contributed by atoms with E-state index in [1.54, 1.807) is 19.1 Å². The molecule has 4 heteroatoms. The summed E-state index contributed by atoms with van der Waals surface area (Å²) < 4.78 is 14.1. The summed E-state index contributed by atoms with van der Waals surface area (Å²) in [5, 5.41) is 3.94. The van der Waals surface area contributed by atoms with Gasteiger partial charge in [0.25, 0.3) is 0 Å². The van der Waals surface area contributed by atoms with Crippen molar-refractivity contribution in [1.29, 1.82) is 0 Å². The smallest absolute Gasteiger partial charge is 0.126 e. The minimum atomic E-state index is -0.193. The van der Waals surface area contributed by atoms with Gasteiger partial charge in [-0.3, -0.25) is 0 Å². The fourth-order valence-electron chi connectivity index (χ4n) is 1.63. The molecule has 0 aliphatic rings. The van der Waals surface area contributed by atoms with Crippen LogP contribution >= 0.6 is 27.5 Å². The number of anilines is 1. The summed E-state index contributed by atoms with van der Waals surface area (Å²) in [6.07, 6.45) is 0. The number of aryl methyl sites for hydroxylation is 1. The second-order valence-electron chi connectivity index (χ2n) is 4.05. The van der Waals surface area contributed by atoms with Crippen LogP contribution in [0.2, 0.25) is 5.02 Å². The summed E-state index contributed by atoms with van der Waals surface area (Å²) in [5.74, 6) is -0.193. The van der Waals surface area contributed by atoms with E-state index in [0.29, 0.717) is 17.1 Å². The standard InChI is InChI=1S/C14H12BrClFN/c1-9-6-12(3-5-14(9)17)18-8-10-7-11(15)2-4-13(10)16/h2-7,18H,8H2,1H3. The van der Waals surface area contributed by atoms with E-state index in [4.69, 9.17) is 11.6 Å². The van der Waals surface area contributed by atoms with Gasteiger partial charge in [0, 0.05) is 21.7 Å². The Hall–Kier alpha value is -1.06. The zero-order valence-corrected chi connectivity index (χ0v) is 12.1. The lowest BCUT2D eigenvalue weighted by Gasteiger charge is -2.09. The van der Waals surface area contributed by atoms with Crippen molar-refractivity contribution in [3.8, 4) is 0 Å². The second kappa shape index (κ2) is 5.72. The molecule has 0 aliphatic heterocycles. The van der Waals surface area contributed by atoms with E-state index in [-0.39, 0.29) is 5.82 Å². The van der Waals surface area contributed by atoms with Crippen molar-refractivity contribution in [2.75, 3.05) is 5.32 Å². The average molecular weight is 329 g/mol. The van der Waals surface area contributed by atoms with Crippen molar-refractivity contribution in [2.45, 2.75) is 13.5 Å². The summed E-state index contributed by atoms with van der Waals surface area (Å²) in [6, 6.07) is 10.7. The van der Waals surface area contributed by atoms with Crippen LogP contribution in [0, 0.1) is 12.7 Å². The quantitative estimate of drug-likeness (QED) is 0.820. The Morgan fingerprint density at radius 3 is 2.72 bits per heavy atom. The number of benzene rings is 2. The SMILES string of the molecule is Cc1cc(NCc2cc(Br)ccc2Cl)ccc1F. The Kier molecular flexibility index (Phi) is 4.25. The van der Waals surface area contributed by atoms with Gasteiger partial charge >= 0.3 is 0 Å². The van der Waals surface area contributed by atoms with Crippen LogP contribution in [0.4, 0.5) is 10.1 Å². The van der Waals surface area contributed by atoms with Crippen LogP contribution in [-0.2, 0) is 6.54 Å². The zero-order valence-electron chi connectivity index (χ0n) is 9.81. The monoisotopic (exact) mass is 327 g/mol. The highest BCUT2D eigenvalue weighted by molar-refractivity contribution is 9.10. The molecule has 2 aromatic carbocycles. The molecule has 0 spiro atoms. The number of hydrogen-bond donors (Lipinski definition) is 1. The van der Waals surface area contributed by atoms with Crippen molar-refractivity contribution >= 4 is 33.2 Å². The third kappa shape index (κ3) is 3.24. The van der Waals surface area contributed by atoms with Crippen molar-refractivity contribution in [3.63, 3.8) is 0 Å². The molecule has 0 heterocycles. The van der Waals surface area contributed by atoms with E-state index < -0.39 is 0 Å². The highest BCUT2D eigenvalue weighted by Gasteiger charge is 2.02. The highest BCUT2D eigenvalue weighted by Crippen LogP contribution is 2.22. The van der Waals surface area contributed by atoms with Gasteiger partial charge in [-0.15, -0.1) is 0 Å². The molecule has 94 valence electrons. The summed E-state index contributed by atoms with van der Waals surface area (Å²) >= 11 is 9.51. The molecule has 1 N–H and O–H groups in total. The largest absolute Gasteiger partial charge is 0.381 e. The van der Waals surface area contributed by atoms with Crippen molar-refractivity contribution in [2.24, 2.45) is 0 Å². The predicted octanol–water partition coefficient (Wildman–Crippen LogP) is 5.16. The third-order valence-electron chi connectivity index (χ3n) is 2.65. The Balaban J connectivity index is 2.11. The predicted molar refractivity (Wildman–Crippen MR) is 77.6 cm³/mol. The first-order valence-corrected chi connectivity index (χ1v) is 6.67. The molecule has 0 atom stereocenters. The average Bonchev–Trinajstić information content (AvgIpc) is 2.34. The van der Waals surface area contributed by atoms with E-state index >= 15 is 0 Å². The fourth-order valence-corrected chi connectivity index (χ4v) is 2.22. The van der Waals surface area contributed by atoms with Crippen LogP contribution in [0.3, 0.4) is 0 Å². The number of halogens is 3. The lowest BCUT2D eigenvalue weighted by molar-refractivity contribution is 0.618. The van der Waals surface area contributed by atoms with Gasteiger partial charge in [-0.25, -0.2) is 4.39 Å². The van der Waals surface area contributed by atoms with Crippen LogP contribution in [0.25, 0.3) is 0 Å². The Morgan fingerprint density at radius 2 is 2.00 bits per heavy atom. The van der Waals surface area contributed by atoms with Gasteiger partial charge in [0.05, 0.1) is 0 Å². The molecule has 0 radical (unpaired) electrons. The molecular formula is C14H12BrClFN. The van der Waals surface area contributed by atoms with E-state index in [1.165, 1.54) is 6.07 Å². The first kappa shape index (κ1) is 13.4. The first-order chi connectivity index (χ1) is 8.56. The topological polar surface area (TPSA) is 12.0 Å². The van der Waals surface area contributed by atoms with Crippen molar-refractivity contribution in [3.05, 3.63) is 62.8 Å². The van der Waals surface area contributed by atoms with Crippen molar-refractivity contribution < 1.29 is 4.39 Å². The van der Waals surface area contributed by atoms with Crippen LogP contribution in [0.1, 0.15) is 11.1 Å². The van der Waals surface area contributed by atoms with Crippen LogP contribution < -0.4 is 5.32 Å². The summed E-state index contributed by atoms with van der Waals surface area (Å²) in [7, 11) is 0. The van der Waals surface area contributed by atoms with Gasteiger partial charge in [0.2, 0.25) is 0 Å². The summed E-state index contributed by atoms with van der Waals surface area (Å²) in [6.45, 7) is 2.34. The van der Waals surface area contributed by atoms with Gasteiger partial charge in [0.15, 0.2) is 0 Å². The molecule has 0 saturated carbocycles. The van der Waals surface area contributed by atoms with Gasteiger partial charge in [0.1, 0.15) is 5.82 Å². The van der Waals surface area contributed by atoms with E-state index in [2.05, 4.69) is 21.2 Å². The molecular weight excluding hydrogens is 317 g/mol. The Morgan fingerprint density at radius 1 is 1.22 bits per heavy atom. The Labute approximate surface area is 119 Å². The molecule has 0 aromatic heterocycles. The molecule has 2 aromatic rings. The zero-order chi connectivity index (χ0) is 13.1.